The van der Waals surface area contributed by atoms with Crippen LogP contribution in [0.4, 0.5) is 0 Å². The van der Waals surface area contributed by atoms with Gasteiger partial charge in [-0.2, -0.15) is 0 Å². The number of rotatable bonds is 7. The van der Waals surface area contributed by atoms with Crippen LogP contribution in [0, 0.1) is 0 Å². The van der Waals surface area contributed by atoms with Crippen molar-refractivity contribution in [3.63, 3.8) is 0 Å². The second kappa shape index (κ2) is 16.5. The second-order valence-corrected chi connectivity index (χ2v) is 19.1. The predicted molar refractivity (Wildman–Crippen MR) is 287 cm³/mol. The van der Waals surface area contributed by atoms with Crippen molar-refractivity contribution in [2.75, 3.05) is 0 Å². The third-order valence-corrected chi connectivity index (χ3v) is 14.8. The van der Waals surface area contributed by atoms with Crippen LogP contribution in [-0.4, -0.2) is 15.0 Å². The van der Waals surface area contributed by atoms with Crippen LogP contribution in [-0.2, 0) is 10.8 Å². The molecule has 0 radical (unpaired) electrons. The van der Waals surface area contributed by atoms with Gasteiger partial charge in [0.2, 0.25) is 0 Å². The first-order valence-corrected chi connectivity index (χ1v) is 24.2. The first-order valence-electron chi connectivity index (χ1n) is 24.2. The van der Waals surface area contributed by atoms with Crippen LogP contribution in [0.1, 0.15) is 47.2 Å². The third kappa shape index (κ3) is 6.61. The average molecular weight is 894 g/mol. The Labute approximate surface area is 409 Å². The van der Waals surface area contributed by atoms with Crippen LogP contribution in [0.25, 0.3) is 89.8 Å². The van der Waals surface area contributed by atoms with Crippen LogP contribution < -0.4 is 0 Å². The Bertz CT molecular complexity index is 3660. The topological polar surface area (TPSA) is 38.7 Å². The lowest BCUT2D eigenvalue weighted by atomic mass is 9.55. The standard InChI is InChI=1S/C67H47N3/c1-66(2)57-27-12-14-29-59(57)67(60-30-15-13-28-58(60)66)56-41-40-53(48-38-34-46(35-39-48)45-32-36-47(37-33-45)52-25-16-24-51(42-52)44-18-6-3-7-19-44)43-55(56)62-54(26-17-31-61(62)67)65-69-63(49-20-8-4-9-21-49)68-64(70-65)50-22-10-5-11-23-50/h3-43H,1-2H3. The zero-order valence-electron chi connectivity index (χ0n) is 39.0. The van der Waals surface area contributed by atoms with Crippen LogP contribution >= 0.6 is 0 Å². The third-order valence-electron chi connectivity index (χ3n) is 14.8. The monoisotopic (exact) mass is 893 g/mol. The Morgan fingerprint density at radius 2 is 0.600 bits per heavy atom. The fourth-order valence-electron chi connectivity index (χ4n) is 11.5. The maximum Gasteiger partial charge on any atom is 0.164 e. The zero-order chi connectivity index (χ0) is 46.8. The average Bonchev–Trinajstić information content (AvgIpc) is 3.74. The molecule has 1 heterocycles. The van der Waals surface area contributed by atoms with E-state index in [2.05, 4.69) is 226 Å². The van der Waals surface area contributed by atoms with E-state index in [4.69, 9.17) is 15.0 Å². The summed E-state index contributed by atoms with van der Waals surface area (Å²) in [6.07, 6.45) is 0. The smallest absolute Gasteiger partial charge is 0.164 e. The predicted octanol–water partition coefficient (Wildman–Crippen LogP) is 16.5. The summed E-state index contributed by atoms with van der Waals surface area (Å²) in [5, 5.41) is 0. The minimum absolute atomic E-state index is 0.211. The lowest BCUT2D eigenvalue weighted by Crippen LogP contribution is -2.40. The lowest BCUT2D eigenvalue weighted by molar-refractivity contribution is 0.563. The van der Waals surface area contributed by atoms with Gasteiger partial charge >= 0.3 is 0 Å². The number of fused-ring (bicyclic) bond motifs is 9. The van der Waals surface area contributed by atoms with Gasteiger partial charge in [0, 0.05) is 22.1 Å². The highest BCUT2D eigenvalue weighted by atomic mass is 15.0. The molecule has 0 saturated heterocycles. The van der Waals surface area contributed by atoms with Crippen LogP contribution in [0.15, 0.2) is 249 Å². The molecule has 2 aliphatic rings. The molecule has 1 spiro atoms. The van der Waals surface area contributed by atoms with E-state index in [0.717, 1.165) is 33.4 Å². The van der Waals surface area contributed by atoms with Crippen LogP contribution in [0.5, 0.6) is 0 Å². The number of benzene rings is 10. The second-order valence-electron chi connectivity index (χ2n) is 19.1. The van der Waals surface area contributed by atoms with Gasteiger partial charge in [-0.05, 0) is 101 Å². The number of hydrogen-bond donors (Lipinski definition) is 0. The molecule has 3 nitrogen and oxygen atoms in total. The molecule has 10 aromatic carbocycles. The van der Waals surface area contributed by atoms with Crippen molar-refractivity contribution in [3.05, 3.63) is 282 Å². The van der Waals surface area contributed by atoms with Crippen LogP contribution in [0.3, 0.4) is 0 Å². The van der Waals surface area contributed by atoms with Gasteiger partial charge in [0.15, 0.2) is 17.5 Å². The van der Waals surface area contributed by atoms with Gasteiger partial charge in [0.1, 0.15) is 0 Å². The Kier molecular flexibility index (Phi) is 9.74. The van der Waals surface area contributed by atoms with E-state index in [1.54, 1.807) is 0 Å². The molecule has 330 valence electrons. The first-order chi connectivity index (χ1) is 34.4. The largest absolute Gasteiger partial charge is 0.208 e. The minimum atomic E-state index is -0.585. The molecular formula is C67H47N3. The molecule has 1 aromatic heterocycles. The Hall–Kier alpha value is -8.79. The summed E-state index contributed by atoms with van der Waals surface area (Å²) >= 11 is 0. The van der Waals surface area contributed by atoms with E-state index in [1.807, 2.05) is 36.4 Å². The van der Waals surface area contributed by atoms with Crippen molar-refractivity contribution in [3.8, 4) is 89.8 Å². The number of aromatic nitrogens is 3. The molecule has 0 saturated carbocycles. The molecule has 13 rings (SSSR count). The molecular weight excluding hydrogens is 847 g/mol. The van der Waals surface area contributed by atoms with E-state index >= 15 is 0 Å². The molecule has 3 heteroatoms. The van der Waals surface area contributed by atoms with Gasteiger partial charge in [-0.1, -0.05) is 250 Å². The van der Waals surface area contributed by atoms with Crippen molar-refractivity contribution < 1.29 is 0 Å². The van der Waals surface area contributed by atoms with E-state index in [0.29, 0.717) is 17.5 Å². The fourth-order valence-corrected chi connectivity index (χ4v) is 11.5. The zero-order valence-corrected chi connectivity index (χ0v) is 39.0. The quantitative estimate of drug-likeness (QED) is 0.160. The summed E-state index contributed by atoms with van der Waals surface area (Å²) in [4.78, 5) is 15.7. The van der Waals surface area contributed by atoms with E-state index < -0.39 is 5.41 Å². The molecule has 0 atom stereocenters. The van der Waals surface area contributed by atoms with Gasteiger partial charge in [0.05, 0.1) is 5.41 Å². The number of hydrogen-bond acceptors (Lipinski definition) is 3. The molecule has 70 heavy (non-hydrogen) atoms. The molecule has 0 fully saturated rings. The van der Waals surface area contributed by atoms with E-state index in [-0.39, 0.29) is 5.41 Å². The first kappa shape index (κ1) is 41.4. The van der Waals surface area contributed by atoms with Gasteiger partial charge in [-0.15, -0.1) is 0 Å². The van der Waals surface area contributed by atoms with Gasteiger partial charge < -0.3 is 0 Å². The molecule has 11 aromatic rings. The summed E-state index contributed by atoms with van der Waals surface area (Å²) in [5.74, 6) is 1.94. The van der Waals surface area contributed by atoms with E-state index in [9.17, 15) is 0 Å². The maximum atomic E-state index is 5.33. The molecule has 0 unspecified atom stereocenters. The summed E-state index contributed by atoms with van der Waals surface area (Å²) in [6, 6.07) is 90.0. The molecule has 0 aliphatic heterocycles. The lowest BCUT2D eigenvalue weighted by Gasteiger charge is -2.46. The van der Waals surface area contributed by atoms with Gasteiger partial charge in [-0.3, -0.25) is 0 Å². The summed E-state index contributed by atoms with van der Waals surface area (Å²) in [7, 11) is 0. The Balaban J connectivity index is 0.964. The highest BCUT2D eigenvalue weighted by molar-refractivity contribution is 5.97. The van der Waals surface area contributed by atoms with Crippen LogP contribution in [0.2, 0.25) is 0 Å². The normalized spacial score (nSPS) is 13.5. The minimum Gasteiger partial charge on any atom is -0.208 e. The molecule has 0 amide bonds. The van der Waals surface area contributed by atoms with Crippen molar-refractivity contribution in [1.29, 1.82) is 0 Å². The SMILES string of the molecule is CC1(C)c2ccccc2C2(c3ccc(-c4ccc(-c5ccc(-c6cccc(-c7ccccc7)c6)cc5)cc4)cc3-c3c(-c4nc(-c5ccccc5)nc(-c5ccccc5)n4)cccc32)c2ccccc21. The fraction of sp³-hybridized carbons (Fsp3) is 0.0597. The molecule has 0 N–H and O–H groups in total. The van der Waals surface area contributed by atoms with Crippen molar-refractivity contribution in [2.45, 2.75) is 24.7 Å². The number of nitrogens with zero attached hydrogens (tertiary/aromatic N) is 3. The molecule has 0 bridgehead atoms. The summed E-state index contributed by atoms with van der Waals surface area (Å²) in [5.41, 5.74) is 21.7. The van der Waals surface area contributed by atoms with Crippen molar-refractivity contribution >= 4 is 0 Å². The highest BCUT2D eigenvalue weighted by Crippen LogP contribution is 2.63. The summed E-state index contributed by atoms with van der Waals surface area (Å²) < 4.78 is 0. The highest BCUT2D eigenvalue weighted by Gasteiger charge is 2.54. The van der Waals surface area contributed by atoms with E-state index in [1.165, 1.54) is 72.3 Å². The van der Waals surface area contributed by atoms with Crippen molar-refractivity contribution in [1.82, 2.24) is 15.0 Å². The van der Waals surface area contributed by atoms with Gasteiger partial charge in [-0.25, -0.2) is 15.0 Å². The van der Waals surface area contributed by atoms with Crippen molar-refractivity contribution in [2.24, 2.45) is 0 Å². The van der Waals surface area contributed by atoms with Gasteiger partial charge in [0.25, 0.3) is 0 Å². The molecule has 2 aliphatic carbocycles. The maximum absolute atomic E-state index is 5.33. The summed E-state index contributed by atoms with van der Waals surface area (Å²) in [6.45, 7) is 4.75. The Morgan fingerprint density at radius 1 is 0.243 bits per heavy atom. The Morgan fingerprint density at radius 3 is 1.11 bits per heavy atom.